The van der Waals surface area contributed by atoms with Gasteiger partial charge in [0.25, 0.3) is 0 Å². The average Bonchev–Trinajstić information content (AvgIpc) is 2.45. The van der Waals surface area contributed by atoms with E-state index in [9.17, 15) is 0 Å². The second-order valence-corrected chi connectivity index (χ2v) is 8.16. The van der Waals surface area contributed by atoms with Gasteiger partial charge in [0.15, 0.2) is 10.3 Å². The first kappa shape index (κ1) is 19.9. The van der Waals surface area contributed by atoms with Crippen LogP contribution >= 0.6 is 23.5 Å². The maximum Gasteiger partial charge on any atom is 0.151 e. The van der Waals surface area contributed by atoms with E-state index < -0.39 is 0 Å². The third kappa shape index (κ3) is 9.53. The molecule has 1 rings (SSSR count). The lowest BCUT2D eigenvalue weighted by Gasteiger charge is -2.18. The van der Waals surface area contributed by atoms with Crippen LogP contribution in [0.25, 0.3) is 0 Å². The third-order valence-electron chi connectivity index (χ3n) is 3.33. The van der Waals surface area contributed by atoms with Gasteiger partial charge in [-0.15, -0.1) is 0 Å². The SMILES string of the molecule is CN(C)CC[C@H](Cc1ccc(CCSC(=N)N)cc1)SC(=N)N. The van der Waals surface area contributed by atoms with E-state index in [2.05, 4.69) is 43.3 Å². The highest BCUT2D eigenvalue weighted by Gasteiger charge is 2.12. The Morgan fingerprint density at radius 2 is 1.70 bits per heavy atom. The Bertz CT molecular complexity index is 502. The van der Waals surface area contributed by atoms with Crippen LogP contribution in [0.5, 0.6) is 0 Å². The van der Waals surface area contributed by atoms with E-state index in [1.807, 2.05) is 0 Å². The highest BCUT2D eigenvalue weighted by atomic mass is 32.2. The molecule has 6 N–H and O–H groups in total. The van der Waals surface area contributed by atoms with Crippen molar-refractivity contribution in [3.8, 4) is 0 Å². The van der Waals surface area contributed by atoms with E-state index in [0.29, 0.717) is 5.25 Å². The smallest absolute Gasteiger partial charge is 0.151 e. The lowest BCUT2D eigenvalue weighted by molar-refractivity contribution is 0.397. The van der Waals surface area contributed by atoms with Crippen LogP contribution in [-0.4, -0.2) is 46.9 Å². The van der Waals surface area contributed by atoms with E-state index in [1.165, 1.54) is 34.7 Å². The van der Waals surface area contributed by atoms with Crippen molar-refractivity contribution in [3.05, 3.63) is 35.4 Å². The average molecular weight is 354 g/mol. The fourth-order valence-electron chi connectivity index (χ4n) is 2.17. The van der Waals surface area contributed by atoms with Gasteiger partial charge in [-0.3, -0.25) is 10.8 Å². The molecule has 0 saturated heterocycles. The highest BCUT2D eigenvalue weighted by molar-refractivity contribution is 8.14. The summed E-state index contributed by atoms with van der Waals surface area (Å²) in [5.74, 6) is 0.834. The first-order chi connectivity index (χ1) is 10.9. The van der Waals surface area contributed by atoms with Crippen molar-refractivity contribution in [2.24, 2.45) is 11.5 Å². The van der Waals surface area contributed by atoms with Gasteiger partial charge < -0.3 is 16.4 Å². The lowest BCUT2D eigenvalue weighted by Crippen LogP contribution is -2.22. The molecule has 0 aliphatic rings. The van der Waals surface area contributed by atoms with Crippen LogP contribution < -0.4 is 11.5 Å². The number of rotatable bonds is 9. The number of thioether (sulfide) groups is 2. The van der Waals surface area contributed by atoms with Crippen molar-refractivity contribution < 1.29 is 0 Å². The fraction of sp³-hybridized carbons (Fsp3) is 0.500. The fourth-order valence-corrected chi connectivity index (χ4v) is 3.58. The zero-order chi connectivity index (χ0) is 17.2. The van der Waals surface area contributed by atoms with E-state index in [-0.39, 0.29) is 10.3 Å². The maximum atomic E-state index is 7.52. The van der Waals surface area contributed by atoms with Crippen molar-refractivity contribution in [3.63, 3.8) is 0 Å². The molecule has 0 unspecified atom stereocenters. The Labute approximate surface area is 147 Å². The Morgan fingerprint density at radius 3 is 2.22 bits per heavy atom. The summed E-state index contributed by atoms with van der Waals surface area (Å²) in [4.78, 5) is 2.16. The molecule has 0 spiro atoms. The molecule has 0 fully saturated rings. The molecule has 0 heterocycles. The molecule has 0 aliphatic carbocycles. The third-order valence-corrected chi connectivity index (χ3v) is 5.04. The maximum absolute atomic E-state index is 7.52. The van der Waals surface area contributed by atoms with Gasteiger partial charge in [0.05, 0.1) is 0 Å². The summed E-state index contributed by atoms with van der Waals surface area (Å²) >= 11 is 2.82. The van der Waals surface area contributed by atoms with E-state index >= 15 is 0 Å². The topological polar surface area (TPSA) is 103 Å². The van der Waals surface area contributed by atoms with Gasteiger partial charge in [0, 0.05) is 11.0 Å². The van der Waals surface area contributed by atoms with Crippen LogP contribution in [0.15, 0.2) is 24.3 Å². The molecule has 128 valence electrons. The molecule has 0 radical (unpaired) electrons. The second kappa shape index (κ2) is 10.6. The number of hydrogen-bond donors (Lipinski definition) is 4. The molecular weight excluding hydrogens is 326 g/mol. The predicted molar refractivity (Wildman–Crippen MR) is 105 cm³/mol. The van der Waals surface area contributed by atoms with Gasteiger partial charge in [-0.25, -0.2) is 0 Å². The summed E-state index contributed by atoms with van der Waals surface area (Å²) in [6.07, 6.45) is 2.84. The largest absolute Gasteiger partial charge is 0.379 e. The number of benzene rings is 1. The lowest BCUT2D eigenvalue weighted by atomic mass is 10.0. The van der Waals surface area contributed by atoms with Crippen molar-refractivity contribution in [2.75, 3.05) is 26.4 Å². The highest BCUT2D eigenvalue weighted by Crippen LogP contribution is 2.20. The van der Waals surface area contributed by atoms with Crippen molar-refractivity contribution in [1.29, 1.82) is 10.8 Å². The van der Waals surface area contributed by atoms with Gasteiger partial charge in [-0.05, 0) is 51.0 Å². The van der Waals surface area contributed by atoms with Crippen LogP contribution in [-0.2, 0) is 12.8 Å². The van der Waals surface area contributed by atoms with Gasteiger partial charge >= 0.3 is 0 Å². The summed E-state index contributed by atoms with van der Waals surface area (Å²) in [7, 11) is 4.12. The normalized spacial score (nSPS) is 12.3. The molecule has 1 atom stereocenters. The Morgan fingerprint density at radius 1 is 1.09 bits per heavy atom. The van der Waals surface area contributed by atoms with Crippen LogP contribution in [0.2, 0.25) is 0 Å². The number of nitrogens with two attached hydrogens (primary N) is 2. The van der Waals surface area contributed by atoms with Gasteiger partial charge in [0.2, 0.25) is 0 Å². The Balaban J connectivity index is 2.54. The molecule has 0 amide bonds. The number of amidine groups is 2. The van der Waals surface area contributed by atoms with Crippen molar-refractivity contribution >= 4 is 33.9 Å². The first-order valence-electron chi connectivity index (χ1n) is 7.57. The number of aryl methyl sites for hydroxylation is 1. The molecule has 7 heteroatoms. The summed E-state index contributed by atoms with van der Waals surface area (Å²) in [6, 6.07) is 8.57. The van der Waals surface area contributed by atoms with Crippen LogP contribution in [0.3, 0.4) is 0 Å². The van der Waals surface area contributed by atoms with Gasteiger partial charge in [-0.1, -0.05) is 47.8 Å². The number of hydrogen-bond acceptors (Lipinski definition) is 5. The van der Waals surface area contributed by atoms with Gasteiger partial charge in [-0.2, -0.15) is 0 Å². The standard InChI is InChI=1S/C16H27N5S2/c1-21(2)9-7-14(23-16(19)20)11-13-5-3-12(4-6-13)8-10-22-15(17)18/h3-6,14H,7-11H2,1-2H3,(H3,17,18)(H3,19,20)/t14-/m1/s1. The molecule has 5 nitrogen and oxygen atoms in total. The van der Waals surface area contributed by atoms with Crippen LogP contribution in [0.1, 0.15) is 17.5 Å². The summed E-state index contributed by atoms with van der Waals surface area (Å²) in [5.41, 5.74) is 13.4. The molecule has 1 aromatic carbocycles. The zero-order valence-electron chi connectivity index (χ0n) is 13.8. The summed E-state index contributed by atoms with van der Waals surface area (Å²) in [5, 5.41) is 15.4. The first-order valence-corrected chi connectivity index (χ1v) is 9.43. The molecule has 0 aliphatic heterocycles. The van der Waals surface area contributed by atoms with Crippen LogP contribution in [0.4, 0.5) is 0 Å². The number of nitrogens with zero attached hydrogens (tertiary/aromatic N) is 1. The van der Waals surface area contributed by atoms with E-state index in [0.717, 1.165) is 31.6 Å². The second-order valence-electron chi connectivity index (χ2n) is 5.68. The van der Waals surface area contributed by atoms with Gasteiger partial charge in [0.1, 0.15) is 0 Å². The van der Waals surface area contributed by atoms with Crippen molar-refractivity contribution in [2.45, 2.75) is 24.5 Å². The van der Waals surface area contributed by atoms with Crippen LogP contribution in [0, 0.1) is 10.8 Å². The molecule has 0 saturated carbocycles. The Hall–Kier alpha value is -1.18. The molecule has 1 aromatic rings. The monoisotopic (exact) mass is 353 g/mol. The quantitative estimate of drug-likeness (QED) is 0.403. The number of nitrogens with one attached hydrogen (secondary N) is 2. The molecular formula is C16H27N5S2. The minimum atomic E-state index is 0.173. The molecule has 0 aromatic heterocycles. The zero-order valence-corrected chi connectivity index (χ0v) is 15.5. The predicted octanol–water partition coefficient (Wildman–Crippen LogP) is 2.35. The van der Waals surface area contributed by atoms with E-state index in [4.69, 9.17) is 22.3 Å². The van der Waals surface area contributed by atoms with Crippen molar-refractivity contribution in [1.82, 2.24) is 4.90 Å². The Kier molecular flexibility index (Phi) is 9.13. The minimum absolute atomic E-state index is 0.173. The molecule has 23 heavy (non-hydrogen) atoms. The minimum Gasteiger partial charge on any atom is -0.379 e. The summed E-state index contributed by atoms with van der Waals surface area (Å²) < 4.78 is 0. The molecule has 0 bridgehead atoms. The van der Waals surface area contributed by atoms with E-state index in [1.54, 1.807) is 0 Å². The summed E-state index contributed by atoms with van der Waals surface area (Å²) in [6.45, 7) is 0.991.